The number of carbonyl (C=O) groups excluding carboxylic acids is 1. The number of hydrogen-bond acceptors (Lipinski definition) is 5. The molecular weight excluding hydrogens is 524 g/mol. The van der Waals surface area contributed by atoms with Crippen LogP contribution in [0.4, 0.5) is 0 Å². The van der Waals surface area contributed by atoms with Crippen molar-refractivity contribution >= 4 is 47.9 Å². The van der Waals surface area contributed by atoms with Crippen LogP contribution in [-0.4, -0.2) is 43.9 Å². The van der Waals surface area contributed by atoms with E-state index >= 15 is 0 Å². The zero-order valence-electron chi connectivity index (χ0n) is 21.4. The van der Waals surface area contributed by atoms with E-state index in [0.29, 0.717) is 34.6 Å². The molecule has 0 unspecified atom stereocenters. The smallest absolute Gasteiger partial charge is 0.269 e. The number of carbonyl (C=O) groups is 1. The molecule has 0 aliphatic rings. The van der Waals surface area contributed by atoms with Crippen LogP contribution in [0.2, 0.25) is 0 Å². The molecule has 0 aliphatic heterocycles. The average Bonchev–Trinajstić information content (AvgIpc) is 2.88. The van der Waals surface area contributed by atoms with Gasteiger partial charge in [0.1, 0.15) is 0 Å². The predicted octanol–water partition coefficient (Wildman–Crippen LogP) is 4.50. The van der Waals surface area contributed by atoms with E-state index in [4.69, 9.17) is 0 Å². The van der Waals surface area contributed by atoms with Crippen LogP contribution in [0.25, 0.3) is 21.8 Å². The van der Waals surface area contributed by atoms with Crippen molar-refractivity contribution in [3.05, 3.63) is 83.9 Å². The molecule has 0 radical (unpaired) electrons. The van der Waals surface area contributed by atoms with E-state index in [1.807, 2.05) is 42.7 Å². The number of aromatic nitrogens is 1. The summed E-state index contributed by atoms with van der Waals surface area (Å²) in [6, 6.07) is 20.8. The van der Waals surface area contributed by atoms with Crippen LogP contribution >= 0.6 is 0 Å². The highest BCUT2D eigenvalue weighted by Crippen LogP contribution is 2.29. The third kappa shape index (κ3) is 5.72. The standard InChI is InChI=1S/C28H30N2O6S2/c1-3-4-19-30(38(35,36)22-16-14-21(2)15-17-22)28(31)27-23-10-5-7-12-25(23)29(18-9-20-37(32,33)34)26-13-8-6-11-24(26)27/h5-8,10-17H,3-4,9,18-20H2,1-2H3/p+1. The van der Waals surface area contributed by atoms with Crippen LogP contribution in [0.15, 0.2) is 77.7 Å². The lowest BCUT2D eigenvalue weighted by Gasteiger charge is -2.24. The molecule has 0 spiro atoms. The number of rotatable bonds is 10. The van der Waals surface area contributed by atoms with E-state index in [1.165, 1.54) is 12.1 Å². The lowest BCUT2D eigenvalue weighted by atomic mass is 10.0. The summed E-state index contributed by atoms with van der Waals surface area (Å²) in [5, 5.41) is 1.12. The molecule has 0 aliphatic carbocycles. The lowest BCUT2D eigenvalue weighted by Crippen LogP contribution is -2.40. The number of aryl methyl sites for hydroxylation is 2. The summed E-state index contributed by atoms with van der Waals surface area (Å²) in [4.78, 5) is 14.3. The van der Waals surface area contributed by atoms with E-state index in [-0.39, 0.29) is 30.0 Å². The Morgan fingerprint density at radius 3 is 1.92 bits per heavy atom. The Balaban J connectivity index is 1.92. The van der Waals surface area contributed by atoms with E-state index in [9.17, 15) is 26.2 Å². The first-order valence-electron chi connectivity index (χ1n) is 12.5. The zero-order valence-corrected chi connectivity index (χ0v) is 23.0. The Bertz CT molecular complexity index is 1640. The molecule has 3 aromatic carbocycles. The van der Waals surface area contributed by atoms with Gasteiger partial charge < -0.3 is 0 Å². The van der Waals surface area contributed by atoms with Crippen molar-refractivity contribution in [2.45, 2.75) is 44.6 Å². The van der Waals surface area contributed by atoms with E-state index < -0.39 is 31.8 Å². The van der Waals surface area contributed by atoms with Crippen LogP contribution in [0.1, 0.15) is 42.1 Å². The lowest BCUT2D eigenvalue weighted by molar-refractivity contribution is -0.645. The predicted molar refractivity (Wildman–Crippen MR) is 147 cm³/mol. The molecule has 1 N–H and O–H groups in total. The summed E-state index contributed by atoms with van der Waals surface area (Å²) in [5.74, 6) is -1.01. The molecule has 38 heavy (non-hydrogen) atoms. The van der Waals surface area contributed by atoms with Gasteiger partial charge in [-0.15, -0.1) is 0 Å². The molecule has 200 valence electrons. The van der Waals surface area contributed by atoms with Gasteiger partial charge in [0.2, 0.25) is 11.0 Å². The molecule has 0 bridgehead atoms. The van der Waals surface area contributed by atoms with Gasteiger partial charge in [-0.25, -0.2) is 12.7 Å². The number of unbranched alkanes of at least 4 members (excludes halogenated alkanes) is 1. The van der Waals surface area contributed by atoms with Crippen molar-refractivity contribution in [3.8, 4) is 0 Å². The van der Waals surface area contributed by atoms with Crippen molar-refractivity contribution in [2.75, 3.05) is 12.3 Å². The van der Waals surface area contributed by atoms with Gasteiger partial charge in [0, 0.05) is 25.1 Å². The molecule has 0 saturated carbocycles. The van der Waals surface area contributed by atoms with Crippen molar-refractivity contribution in [2.24, 2.45) is 0 Å². The fourth-order valence-corrected chi connectivity index (χ4v) is 6.49. The molecule has 0 saturated heterocycles. The largest absolute Gasteiger partial charge is 0.286 e. The summed E-state index contributed by atoms with van der Waals surface area (Å²) in [6.07, 6.45) is 1.38. The fourth-order valence-electron chi connectivity index (χ4n) is 4.59. The molecule has 0 atom stereocenters. The average molecular weight is 556 g/mol. The highest BCUT2D eigenvalue weighted by molar-refractivity contribution is 7.89. The number of nitrogens with zero attached hydrogens (tertiary/aromatic N) is 2. The second-order valence-corrected chi connectivity index (χ2v) is 12.7. The first-order valence-corrected chi connectivity index (χ1v) is 15.5. The summed E-state index contributed by atoms with van der Waals surface area (Å²) in [7, 11) is -8.26. The molecule has 1 aromatic heterocycles. The summed E-state index contributed by atoms with van der Waals surface area (Å²) < 4.78 is 62.2. The summed E-state index contributed by atoms with van der Waals surface area (Å²) in [5.41, 5.74) is 2.50. The fraction of sp³-hybridized carbons (Fsp3) is 0.286. The van der Waals surface area contributed by atoms with E-state index in [2.05, 4.69) is 0 Å². The van der Waals surface area contributed by atoms with Gasteiger partial charge in [-0.1, -0.05) is 55.3 Å². The van der Waals surface area contributed by atoms with Gasteiger partial charge >= 0.3 is 0 Å². The van der Waals surface area contributed by atoms with Crippen LogP contribution in [0, 0.1) is 6.92 Å². The van der Waals surface area contributed by atoms with E-state index in [1.54, 1.807) is 36.4 Å². The molecule has 1 heterocycles. The minimum Gasteiger partial charge on any atom is -0.286 e. The summed E-state index contributed by atoms with van der Waals surface area (Å²) in [6.45, 7) is 4.11. The zero-order chi connectivity index (χ0) is 27.5. The highest BCUT2D eigenvalue weighted by Gasteiger charge is 2.34. The number of para-hydroxylation sites is 2. The van der Waals surface area contributed by atoms with Gasteiger partial charge in [0.15, 0.2) is 6.54 Å². The third-order valence-corrected chi connectivity index (χ3v) is 9.08. The number of benzene rings is 3. The SMILES string of the molecule is CCCCN(C(=O)c1c2ccccc2[n+](CCCS(=O)(=O)O)c2ccccc12)S(=O)(=O)c1ccc(C)cc1. The van der Waals surface area contributed by atoms with Gasteiger partial charge in [-0.05, 0) is 37.6 Å². The Labute approximate surface area is 223 Å². The Morgan fingerprint density at radius 2 is 1.39 bits per heavy atom. The highest BCUT2D eigenvalue weighted by atomic mass is 32.2. The number of amides is 1. The quantitative estimate of drug-likeness (QED) is 0.175. The molecule has 4 rings (SSSR count). The second kappa shape index (κ2) is 11.2. The first kappa shape index (κ1) is 27.7. The molecule has 4 aromatic rings. The second-order valence-electron chi connectivity index (χ2n) is 9.25. The van der Waals surface area contributed by atoms with Crippen LogP contribution in [0.3, 0.4) is 0 Å². The third-order valence-electron chi connectivity index (χ3n) is 6.48. The maximum Gasteiger partial charge on any atom is 0.269 e. The minimum atomic E-state index is -4.13. The molecular formula is C28H31N2O6S2+. The topological polar surface area (TPSA) is 113 Å². The first-order chi connectivity index (χ1) is 18.0. The number of fused-ring (bicyclic) bond motifs is 2. The molecule has 1 amide bonds. The van der Waals surface area contributed by atoms with Gasteiger partial charge in [0.25, 0.3) is 26.0 Å². The molecule has 8 nitrogen and oxygen atoms in total. The van der Waals surface area contributed by atoms with Crippen LogP contribution in [-0.2, 0) is 26.7 Å². The normalized spacial score (nSPS) is 12.2. The maximum atomic E-state index is 14.2. The van der Waals surface area contributed by atoms with Crippen molar-refractivity contribution in [3.63, 3.8) is 0 Å². The maximum absolute atomic E-state index is 14.2. The van der Waals surface area contributed by atoms with E-state index in [0.717, 1.165) is 9.87 Å². The minimum absolute atomic E-state index is 0.0391. The molecule has 0 fully saturated rings. The number of sulfonamides is 1. The van der Waals surface area contributed by atoms with Gasteiger partial charge in [0.05, 0.1) is 27.0 Å². The van der Waals surface area contributed by atoms with Crippen molar-refractivity contribution < 1.29 is 30.7 Å². The van der Waals surface area contributed by atoms with Crippen molar-refractivity contribution in [1.82, 2.24) is 4.31 Å². The number of hydrogen-bond donors (Lipinski definition) is 1. The Kier molecular flexibility index (Phi) is 8.15. The van der Waals surface area contributed by atoms with Crippen LogP contribution in [0.5, 0.6) is 0 Å². The van der Waals surface area contributed by atoms with Crippen molar-refractivity contribution in [1.29, 1.82) is 0 Å². The summed E-state index contributed by atoms with van der Waals surface area (Å²) >= 11 is 0. The van der Waals surface area contributed by atoms with Gasteiger partial charge in [-0.3, -0.25) is 9.35 Å². The van der Waals surface area contributed by atoms with Gasteiger partial charge in [-0.2, -0.15) is 13.0 Å². The number of pyridine rings is 1. The monoisotopic (exact) mass is 555 g/mol. The Morgan fingerprint density at radius 1 is 0.842 bits per heavy atom. The van der Waals surface area contributed by atoms with Crippen LogP contribution < -0.4 is 4.57 Å². The Hall–Kier alpha value is -3.34. The molecule has 10 heteroatoms.